The molecular weight excluding hydrogens is 246 g/mol. The van der Waals surface area contributed by atoms with Crippen LogP contribution in [0.15, 0.2) is 12.1 Å². The lowest BCUT2D eigenvalue weighted by Gasteiger charge is -2.03. The molecule has 0 saturated heterocycles. The van der Waals surface area contributed by atoms with Gasteiger partial charge in [-0.25, -0.2) is 0 Å². The Kier molecular flexibility index (Phi) is 8.53. The second kappa shape index (κ2) is 10.1. The Morgan fingerprint density at radius 2 is 2.06 bits per heavy atom. The minimum absolute atomic E-state index is 0.402. The standard InChI is InChI=1S/C14H21NO2S/c1-2-3-9-16-10-11-17-12-14-7-6-13(18-14)5-4-8-15/h6-7H,2-3,8-12,15H2,1H3. The molecule has 18 heavy (non-hydrogen) atoms. The number of nitrogens with two attached hydrogens (primary N) is 1. The van der Waals surface area contributed by atoms with Crippen molar-refractivity contribution in [3.8, 4) is 11.8 Å². The molecule has 1 rings (SSSR count). The molecule has 0 radical (unpaired) electrons. The summed E-state index contributed by atoms with van der Waals surface area (Å²) >= 11 is 1.65. The minimum Gasteiger partial charge on any atom is -0.379 e. The Labute approximate surface area is 113 Å². The van der Waals surface area contributed by atoms with Crippen molar-refractivity contribution in [2.75, 3.05) is 26.4 Å². The van der Waals surface area contributed by atoms with E-state index in [0.29, 0.717) is 26.4 Å². The van der Waals surface area contributed by atoms with Crippen LogP contribution in [0.1, 0.15) is 29.5 Å². The summed E-state index contributed by atoms with van der Waals surface area (Å²) in [6.45, 7) is 5.33. The molecular formula is C14H21NO2S. The minimum atomic E-state index is 0.402. The summed E-state index contributed by atoms with van der Waals surface area (Å²) in [6, 6.07) is 4.05. The molecule has 0 aromatic carbocycles. The van der Waals surface area contributed by atoms with Crippen LogP contribution in [0.3, 0.4) is 0 Å². The maximum Gasteiger partial charge on any atom is 0.0810 e. The Morgan fingerprint density at radius 3 is 2.83 bits per heavy atom. The van der Waals surface area contributed by atoms with Crippen molar-refractivity contribution in [2.24, 2.45) is 5.73 Å². The fourth-order valence-corrected chi connectivity index (χ4v) is 2.12. The van der Waals surface area contributed by atoms with Gasteiger partial charge in [-0.05, 0) is 18.6 Å². The van der Waals surface area contributed by atoms with Crippen LogP contribution in [0.25, 0.3) is 0 Å². The van der Waals surface area contributed by atoms with Crippen molar-refractivity contribution in [1.82, 2.24) is 0 Å². The molecule has 3 nitrogen and oxygen atoms in total. The van der Waals surface area contributed by atoms with Crippen LogP contribution in [0.4, 0.5) is 0 Å². The van der Waals surface area contributed by atoms with Gasteiger partial charge in [0.25, 0.3) is 0 Å². The molecule has 1 aromatic rings. The van der Waals surface area contributed by atoms with Gasteiger partial charge in [0.2, 0.25) is 0 Å². The molecule has 1 aromatic heterocycles. The van der Waals surface area contributed by atoms with Gasteiger partial charge in [0.15, 0.2) is 0 Å². The zero-order valence-corrected chi connectivity index (χ0v) is 11.7. The van der Waals surface area contributed by atoms with E-state index in [-0.39, 0.29) is 0 Å². The SMILES string of the molecule is CCCCOCCOCc1ccc(C#CCN)s1. The molecule has 4 heteroatoms. The Hall–Kier alpha value is -0.860. The van der Waals surface area contributed by atoms with E-state index in [4.69, 9.17) is 15.2 Å². The van der Waals surface area contributed by atoms with E-state index in [0.717, 1.165) is 17.9 Å². The van der Waals surface area contributed by atoms with E-state index >= 15 is 0 Å². The predicted octanol–water partition coefficient (Wildman–Crippen LogP) is 2.39. The third-order valence-electron chi connectivity index (χ3n) is 2.23. The number of unbranched alkanes of at least 4 members (excludes halogenated alkanes) is 1. The third-order valence-corrected chi connectivity index (χ3v) is 3.21. The Bertz CT molecular complexity index is 379. The van der Waals surface area contributed by atoms with Crippen molar-refractivity contribution in [3.63, 3.8) is 0 Å². The first kappa shape index (κ1) is 15.2. The number of hydrogen-bond donors (Lipinski definition) is 1. The lowest BCUT2D eigenvalue weighted by molar-refractivity contribution is 0.0406. The number of thiophene rings is 1. The summed E-state index contributed by atoms with van der Waals surface area (Å²) in [6.07, 6.45) is 2.29. The van der Waals surface area contributed by atoms with E-state index in [1.54, 1.807) is 11.3 Å². The topological polar surface area (TPSA) is 44.5 Å². The van der Waals surface area contributed by atoms with Crippen LogP contribution < -0.4 is 5.73 Å². The van der Waals surface area contributed by atoms with Gasteiger partial charge >= 0.3 is 0 Å². The average Bonchev–Trinajstić information content (AvgIpc) is 2.83. The lowest BCUT2D eigenvalue weighted by Crippen LogP contribution is -2.04. The van der Waals surface area contributed by atoms with Gasteiger partial charge in [0.05, 0.1) is 31.2 Å². The van der Waals surface area contributed by atoms with Crippen LogP contribution >= 0.6 is 11.3 Å². The summed E-state index contributed by atoms with van der Waals surface area (Å²) in [5, 5.41) is 0. The molecule has 0 aliphatic heterocycles. The highest BCUT2D eigenvalue weighted by atomic mass is 32.1. The van der Waals surface area contributed by atoms with Gasteiger partial charge in [0, 0.05) is 11.5 Å². The van der Waals surface area contributed by atoms with E-state index in [9.17, 15) is 0 Å². The molecule has 0 atom stereocenters. The summed E-state index contributed by atoms with van der Waals surface area (Å²) < 4.78 is 10.9. The third kappa shape index (κ3) is 6.77. The zero-order valence-electron chi connectivity index (χ0n) is 10.9. The zero-order chi connectivity index (χ0) is 13.1. The molecule has 1 heterocycles. The Balaban J connectivity index is 2.10. The molecule has 0 fully saturated rings. The van der Waals surface area contributed by atoms with E-state index < -0.39 is 0 Å². The summed E-state index contributed by atoms with van der Waals surface area (Å²) in [4.78, 5) is 2.23. The highest BCUT2D eigenvalue weighted by Gasteiger charge is 1.98. The largest absolute Gasteiger partial charge is 0.379 e. The van der Waals surface area contributed by atoms with Crippen LogP contribution in [0, 0.1) is 11.8 Å². The molecule has 100 valence electrons. The van der Waals surface area contributed by atoms with Gasteiger partial charge in [-0.2, -0.15) is 0 Å². The smallest absolute Gasteiger partial charge is 0.0810 e. The number of ether oxygens (including phenoxy) is 2. The van der Waals surface area contributed by atoms with Crippen molar-refractivity contribution >= 4 is 11.3 Å². The predicted molar refractivity (Wildman–Crippen MR) is 75.6 cm³/mol. The van der Waals surface area contributed by atoms with E-state index in [2.05, 4.69) is 18.8 Å². The fraction of sp³-hybridized carbons (Fsp3) is 0.571. The number of rotatable bonds is 8. The lowest BCUT2D eigenvalue weighted by atomic mass is 10.4. The highest BCUT2D eigenvalue weighted by Crippen LogP contribution is 2.16. The van der Waals surface area contributed by atoms with Gasteiger partial charge in [-0.1, -0.05) is 25.2 Å². The van der Waals surface area contributed by atoms with Crippen molar-refractivity contribution in [1.29, 1.82) is 0 Å². The summed E-state index contributed by atoms with van der Waals surface area (Å²) in [5.74, 6) is 5.85. The molecule has 0 spiro atoms. The molecule has 0 unspecified atom stereocenters. The number of hydrogen-bond acceptors (Lipinski definition) is 4. The van der Waals surface area contributed by atoms with Crippen molar-refractivity contribution in [2.45, 2.75) is 26.4 Å². The first-order valence-electron chi connectivity index (χ1n) is 6.30. The van der Waals surface area contributed by atoms with Gasteiger partial charge in [0.1, 0.15) is 0 Å². The second-order valence-corrected chi connectivity index (χ2v) is 4.96. The molecule has 0 bridgehead atoms. The second-order valence-electron chi connectivity index (χ2n) is 3.79. The Morgan fingerprint density at radius 1 is 1.22 bits per heavy atom. The van der Waals surface area contributed by atoms with Crippen molar-refractivity contribution in [3.05, 3.63) is 21.9 Å². The van der Waals surface area contributed by atoms with Crippen LogP contribution in [-0.4, -0.2) is 26.4 Å². The summed E-state index contributed by atoms with van der Waals surface area (Å²) in [7, 11) is 0. The fourth-order valence-electron chi connectivity index (χ4n) is 1.30. The van der Waals surface area contributed by atoms with Gasteiger partial charge in [-0.3, -0.25) is 0 Å². The molecule has 0 aliphatic carbocycles. The van der Waals surface area contributed by atoms with Crippen molar-refractivity contribution < 1.29 is 9.47 Å². The first-order valence-corrected chi connectivity index (χ1v) is 7.11. The average molecular weight is 267 g/mol. The monoisotopic (exact) mass is 267 g/mol. The molecule has 0 saturated carbocycles. The van der Waals surface area contributed by atoms with Crippen LogP contribution in [0.5, 0.6) is 0 Å². The van der Waals surface area contributed by atoms with E-state index in [1.165, 1.54) is 11.3 Å². The first-order chi connectivity index (χ1) is 8.86. The molecule has 0 amide bonds. The molecule has 2 N–H and O–H groups in total. The van der Waals surface area contributed by atoms with Gasteiger partial charge < -0.3 is 15.2 Å². The maximum absolute atomic E-state index is 5.53. The summed E-state index contributed by atoms with van der Waals surface area (Å²) in [5.41, 5.74) is 5.32. The molecule has 0 aliphatic rings. The maximum atomic E-state index is 5.53. The highest BCUT2D eigenvalue weighted by molar-refractivity contribution is 7.12. The van der Waals surface area contributed by atoms with Crippen LogP contribution in [0.2, 0.25) is 0 Å². The normalized spacial score (nSPS) is 10.1. The van der Waals surface area contributed by atoms with E-state index in [1.807, 2.05) is 12.1 Å². The van der Waals surface area contributed by atoms with Gasteiger partial charge in [-0.15, -0.1) is 11.3 Å². The quantitative estimate of drug-likeness (QED) is 0.581. The van der Waals surface area contributed by atoms with Crippen LogP contribution in [-0.2, 0) is 16.1 Å².